The largest absolute Gasteiger partial charge is 0.208 e. The molecule has 0 unspecified atom stereocenters. The molecule has 0 N–H and O–H groups in total. The van der Waals surface area contributed by atoms with Gasteiger partial charge in [0.25, 0.3) is 0 Å². The zero-order valence-corrected chi connectivity index (χ0v) is 25.0. The van der Waals surface area contributed by atoms with Gasteiger partial charge in [-0.2, -0.15) is 0 Å². The van der Waals surface area contributed by atoms with Crippen LogP contribution in [0.2, 0.25) is 0 Å². The van der Waals surface area contributed by atoms with Crippen molar-refractivity contribution >= 4 is 10.8 Å². The number of hydrogen-bond acceptors (Lipinski definition) is 3. The van der Waals surface area contributed by atoms with Gasteiger partial charge in [-0.25, -0.2) is 19.3 Å². The molecule has 0 atom stereocenters. The second-order valence-corrected chi connectivity index (χ2v) is 13.0. The predicted octanol–water partition coefficient (Wildman–Crippen LogP) is 10.2. The number of halogens is 1. The summed E-state index contributed by atoms with van der Waals surface area (Å²) in [4.78, 5) is 14.6. The highest BCUT2D eigenvalue weighted by Crippen LogP contribution is 2.47. The number of hydrogen-bond donors (Lipinski definition) is 0. The maximum absolute atomic E-state index is 14.3. The van der Waals surface area contributed by atoms with E-state index in [4.69, 9.17) is 15.0 Å². The number of rotatable bonds is 4. The minimum atomic E-state index is -0.327. The molecule has 0 saturated carbocycles. The zero-order chi connectivity index (χ0) is 29.8. The van der Waals surface area contributed by atoms with Crippen LogP contribution >= 0.6 is 0 Å². The Morgan fingerprint density at radius 2 is 1.00 bits per heavy atom. The van der Waals surface area contributed by atoms with Gasteiger partial charge in [-0.1, -0.05) is 113 Å². The first-order chi connectivity index (χ1) is 20.7. The summed E-state index contributed by atoms with van der Waals surface area (Å²) in [7, 11) is 0. The Kier molecular flexibility index (Phi) is 6.46. The molecule has 0 amide bonds. The quantitative estimate of drug-likeness (QED) is 0.214. The van der Waals surface area contributed by atoms with Crippen LogP contribution in [-0.4, -0.2) is 15.0 Å². The van der Waals surface area contributed by atoms with Crippen LogP contribution in [0.3, 0.4) is 0 Å². The molecule has 1 aromatic heterocycles. The number of nitrogens with zero attached hydrogens (tertiary/aromatic N) is 3. The van der Waals surface area contributed by atoms with Crippen LogP contribution in [-0.2, 0) is 10.8 Å². The average molecular weight is 564 g/mol. The lowest BCUT2D eigenvalue weighted by Gasteiger charge is -2.42. The van der Waals surface area contributed by atoms with E-state index in [0.717, 1.165) is 27.5 Å². The van der Waals surface area contributed by atoms with Crippen molar-refractivity contribution in [2.24, 2.45) is 0 Å². The van der Waals surface area contributed by atoms with Crippen molar-refractivity contribution in [2.75, 3.05) is 0 Å². The van der Waals surface area contributed by atoms with Gasteiger partial charge in [-0.05, 0) is 81.0 Å². The third kappa shape index (κ3) is 5.12. The van der Waals surface area contributed by atoms with Crippen molar-refractivity contribution in [3.05, 3.63) is 126 Å². The Labute approximate surface area is 252 Å². The Balaban J connectivity index is 1.36. The molecule has 1 aliphatic rings. The first kappa shape index (κ1) is 27.2. The average Bonchev–Trinajstić information content (AvgIpc) is 3.03. The first-order valence-electron chi connectivity index (χ1n) is 14.9. The molecule has 43 heavy (non-hydrogen) atoms. The van der Waals surface area contributed by atoms with Crippen molar-refractivity contribution in [3.63, 3.8) is 0 Å². The summed E-state index contributed by atoms with van der Waals surface area (Å²) in [5.41, 5.74) is 7.85. The molecule has 7 rings (SSSR count). The number of fused-ring (bicyclic) bond motifs is 2. The van der Waals surface area contributed by atoms with Crippen LogP contribution in [0.25, 0.3) is 56.1 Å². The Morgan fingerprint density at radius 3 is 1.70 bits per heavy atom. The van der Waals surface area contributed by atoms with Gasteiger partial charge >= 0.3 is 0 Å². The van der Waals surface area contributed by atoms with E-state index in [1.165, 1.54) is 41.7 Å². The highest BCUT2D eigenvalue weighted by molar-refractivity contribution is 5.86. The molecular weight excluding hydrogens is 529 g/mol. The van der Waals surface area contributed by atoms with Crippen LogP contribution in [0.4, 0.5) is 4.39 Å². The summed E-state index contributed by atoms with van der Waals surface area (Å²) in [6.07, 6.45) is 2.36. The van der Waals surface area contributed by atoms with Gasteiger partial charge in [0.2, 0.25) is 0 Å². The van der Waals surface area contributed by atoms with Crippen LogP contribution in [0.1, 0.15) is 51.7 Å². The lowest BCUT2D eigenvalue weighted by Crippen LogP contribution is -2.33. The SMILES string of the molecule is CC1(C)CCC(C)(C)c2cc(-c3cccc(-c4nc(-c5cccc(F)c5)nc(-c5ccc6ccccc6c5)n4)c3)ccc21. The molecule has 0 saturated heterocycles. The van der Waals surface area contributed by atoms with E-state index in [0.29, 0.717) is 23.0 Å². The van der Waals surface area contributed by atoms with Gasteiger partial charge in [0.05, 0.1) is 0 Å². The normalized spacial score (nSPS) is 15.3. The van der Waals surface area contributed by atoms with E-state index in [1.54, 1.807) is 6.07 Å². The first-order valence-corrected chi connectivity index (χ1v) is 14.9. The molecule has 0 bridgehead atoms. The van der Waals surface area contributed by atoms with E-state index in [1.807, 2.05) is 30.3 Å². The molecule has 0 spiro atoms. The summed E-state index contributed by atoms with van der Waals surface area (Å²) in [6, 6.07) is 36.2. The van der Waals surface area contributed by atoms with E-state index in [-0.39, 0.29) is 16.6 Å². The molecule has 0 fully saturated rings. The molecule has 3 nitrogen and oxygen atoms in total. The Bertz CT molecular complexity index is 2010. The fourth-order valence-electron chi connectivity index (χ4n) is 6.33. The highest BCUT2D eigenvalue weighted by Gasteiger charge is 2.37. The molecular formula is C39H34FN3. The van der Waals surface area contributed by atoms with Crippen LogP contribution in [0.15, 0.2) is 109 Å². The molecule has 5 aromatic carbocycles. The van der Waals surface area contributed by atoms with Gasteiger partial charge in [0.1, 0.15) is 5.82 Å². The van der Waals surface area contributed by atoms with E-state index in [9.17, 15) is 4.39 Å². The van der Waals surface area contributed by atoms with Gasteiger partial charge in [-0.3, -0.25) is 0 Å². The molecule has 0 radical (unpaired) electrons. The van der Waals surface area contributed by atoms with Gasteiger partial charge in [-0.15, -0.1) is 0 Å². The topological polar surface area (TPSA) is 38.7 Å². The van der Waals surface area contributed by atoms with Crippen molar-refractivity contribution in [2.45, 2.75) is 51.4 Å². The third-order valence-corrected chi connectivity index (χ3v) is 9.03. The summed E-state index contributed by atoms with van der Waals surface area (Å²) in [5.74, 6) is 1.22. The van der Waals surface area contributed by atoms with Crippen LogP contribution in [0.5, 0.6) is 0 Å². The molecule has 6 aromatic rings. The molecule has 0 aliphatic heterocycles. The Morgan fingerprint density at radius 1 is 0.465 bits per heavy atom. The van der Waals surface area contributed by atoms with Crippen molar-refractivity contribution in [3.8, 4) is 45.3 Å². The second-order valence-electron chi connectivity index (χ2n) is 13.0. The van der Waals surface area contributed by atoms with Gasteiger partial charge in [0.15, 0.2) is 17.5 Å². The monoisotopic (exact) mass is 563 g/mol. The summed E-state index contributed by atoms with van der Waals surface area (Å²) >= 11 is 0. The number of benzene rings is 5. The standard InChI is InChI=1S/C39H34FN3/c1-38(2)19-20-39(3,4)34-24-28(17-18-33(34)38)27-11-7-12-29(22-27)35-41-36(30-13-8-14-32(40)23-30)43-37(42-35)31-16-15-25-9-5-6-10-26(25)21-31/h5-18,21-24H,19-20H2,1-4H3. The van der Waals surface area contributed by atoms with Crippen LogP contribution < -0.4 is 0 Å². The summed E-state index contributed by atoms with van der Waals surface area (Å²) in [6.45, 7) is 9.42. The maximum Gasteiger partial charge on any atom is 0.164 e. The van der Waals surface area contributed by atoms with E-state index < -0.39 is 0 Å². The van der Waals surface area contributed by atoms with E-state index in [2.05, 4.69) is 88.4 Å². The van der Waals surface area contributed by atoms with Crippen molar-refractivity contribution in [1.29, 1.82) is 0 Å². The molecule has 212 valence electrons. The smallest absolute Gasteiger partial charge is 0.164 e. The fraction of sp³-hybridized carbons (Fsp3) is 0.205. The van der Waals surface area contributed by atoms with E-state index >= 15 is 0 Å². The maximum atomic E-state index is 14.3. The van der Waals surface area contributed by atoms with Gasteiger partial charge < -0.3 is 0 Å². The third-order valence-electron chi connectivity index (χ3n) is 9.03. The zero-order valence-electron chi connectivity index (χ0n) is 25.0. The molecule has 4 heteroatoms. The minimum Gasteiger partial charge on any atom is -0.208 e. The van der Waals surface area contributed by atoms with Crippen LogP contribution in [0, 0.1) is 5.82 Å². The lowest BCUT2D eigenvalue weighted by atomic mass is 9.63. The fourth-order valence-corrected chi connectivity index (χ4v) is 6.33. The highest BCUT2D eigenvalue weighted by atomic mass is 19.1. The van der Waals surface area contributed by atoms with Gasteiger partial charge in [0, 0.05) is 16.7 Å². The second kappa shape index (κ2) is 10.2. The predicted molar refractivity (Wildman–Crippen MR) is 174 cm³/mol. The molecule has 1 aliphatic carbocycles. The molecule has 1 heterocycles. The Hall–Kier alpha value is -4.70. The number of aromatic nitrogens is 3. The summed E-state index contributed by atoms with van der Waals surface area (Å²) in [5, 5.41) is 2.25. The lowest BCUT2D eigenvalue weighted by molar-refractivity contribution is 0.332. The van der Waals surface area contributed by atoms with Crippen molar-refractivity contribution in [1.82, 2.24) is 15.0 Å². The minimum absolute atomic E-state index is 0.126. The van der Waals surface area contributed by atoms with Crippen molar-refractivity contribution < 1.29 is 4.39 Å². The summed E-state index contributed by atoms with van der Waals surface area (Å²) < 4.78 is 14.3.